The van der Waals surface area contributed by atoms with Crippen molar-refractivity contribution in [2.45, 2.75) is 0 Å². The third-order valence-electron chi connectivity index (χ3n) is 2.12. The monoisotopic (exact) mass is 225 g/mol. The maximum absolute atomic E-state index is 13.3. The Morgan fingerprint density at radius 3 is 2.25 bits per heavy atom. The van der Waals surface area contributed by atoms with Gasteiger partial charge in [-0.1, -0.05) is 0 Å². The van der Waals surface area contributed by atoms with Gasteiger partial charge in [0.1, 0.15) is 5.82 Å². The van der Waals surface area contributed by atoms with E-state index in [4.69, 9.17) is 0 Å². The molecule has 0 fully saturated rings. The first kappa shape index (κ1) is 10.5. The number of aromatic nitrogens is 1. The minimum Gasteiger partial charge on any atom is -0.328 e. The van der Waals surface area contributed by atoms with Gasteiger partial charge in [-0.2, -0.15) is 0 Å². The lowest BCUT2D eigenvalue weighted by Crippen LogP contribution is -2.03. The Morgan fingerprint density at radius 2 is 1.62 bits per heavy atom. The van der Waals surface area contributed by atoms with Crippen LogP contribution in [0.3, 0.4) is 0 Å². The number of halogens is 3. The molecule has 0 saturated carbocycles. The van der Waals surface area contributed by atoms with E-state index in [0.29, 0.717) is 6.07 Å². The molecular weight excluding hydrogens is 219 g/mol. The summed E-state index contributed by atoms with van der Waals surface area (Å²) < 4.78 is 39.6. The zero-order valence-electron chi connectivity index (χ0n) is 7.93. The summed E-state index contributed by atoms with van der Waals surface area (Å²) in [5.41, 5.74) is -0.814. The summed E-state index contributed by atoms with van der Waals surface area (Å²) in [6.07, 6.45) is 1.13. The lowest BCUT2D eigenvalue weighted by Gasteiger charge is -2.04. The molecule has 0 aliphatic rings. The molecule has 1 aromatic heterocycles. The van der Waals surface area contributed by atoms with Gasteiger partial charge in [0.05, 0.1) is 5.56 Å². The molecule has 5 heteroatoms. The van der Waals surface area contributed by atoms with Crippen LogP contribution in [0.25, 0.3) is 11.1 Å². The third kappa shape index (κ3) is 1.71. The van der Waals surface area contributed by atoms with Crippen LogP contribution in [0.15, 0.2) is 35.3 Å². The zero-order chi connectivity index (χ0) is 11.7. The normalized spacial score (nSPS) is 10.4. The summed E-state index contributed by atoms with van der Waals surface area (Å²) in [5.74, 6) is -3.29. The minimum absolute atomic E-state index is 0.0779. The maximum Gasteiger partial charge on any atom is 0.247 e. The molecule has 2 aromatic rings. The summed E-state index contributed by atoms with van der Waals surface area (Å²) in [6, 6.07) is 3.87. The number of aromatic amines is 1. The molecule has 1 N–H and O–H groups in total. The molecule has 82 valence electrons. The van der Waals surface area contributed by atoms with Gasteiger partial charge in [0.2, 0.25) is 5.56 Å². The predicted octanol–water partition coefficient (Wildman–Crippen LogP) is 2.46. The van der Waals surface area contributed by atoms with Crippen LogP contribution < -0.4 is 5.56 Å². The van der Waals surface area contributed by atoms with Gasteiger partial charge in [0.15, 0.2) is 11.6 Å². The van der Waals surface area contributed by atoms with Gasteiger partial charge in [-0.3, -0.25) is 4.79 Å². The van der Waals surface area contributed by atoms with Crippen molar-refractivity contribution in [3.63, 3.8) is 0 Å². The molecule has 0 bridgehead atoms. The van der Waals surface area contributed by atoms with Crippen LogP contribution >= 0.6 is 0 Å². The molecule has 1 aromatic carbocycles. The lowest BCUT2D eigenvalue weighted by molar-refractivity contribution is 0.499. The molecule has 2 nitrogen and oxygen atoms in total. The summed E-state index contributed by atoms with van der Waals surface area (Å²) in [6.45, 7) is 0. The van der Waals surface area contributed by atoms with Crippen molar-refractivity contribution in [3.8, 4) is 11.1 Å². The number of benzene rings is 1. The Bertz CT molecular complexity index is 572. The number of H-pyrrole nitrogens is 1. The van der Waals surface area contributed by atoms with Gasteiger partial charge in [-0.15, -0.1) is 0 Å². The Kier molecular flexibility index (Phi) is 2.52. The fourth-order valence-electron chi connectivity index (χ4n) is 1.36. The number of hydrogen-bond acceptors (Lipinski definition) is 1. The second kappa shape index (κ2) is 3.84. The second-order valence-electron chi connectivity index (χ2n) is 3.16. The predicted molar refractivity (Wildman–Crippen MR) is 52.4 cm³/mol. The number of hydrogen-bond donors (Lipinski definition) is 1. The SMILES string of the molecule is O=c1ccc(-c2c(F)ccc(F)c2F)c[nH]1. The third-order valence-corrected chi connectivity index (χ3v) is 2.12. The molecule has 2 rings (SSSR count). The molecular formula is C11H6F3NO. The van der Waals surface area contributed by atoms with Gasteiger partial charge in [0, 0.05) is 17.8 Å². The van der Waals surface area contributed by atoms with Crippen molar-refractivity contribution >= 4 is 0 Å². The van der Waals surface area contributed by atoms with E-state index in [0.717, 1.165) is 18.3 Å². The van der Waals surface area contributed by atoms with Gasteiger partial charge >= 0.3 is 0 Å². The van der Waals surface area contributed by atoms with Crippen molar-refractivity contribution in [1.29, 1.82) is 0 Å². The van der Waals surface area contributed by atoms with Crippen LogP contribution in [0.2, 0.25) is 0 Å². The molecule has 0 unspecified atom stereocenters. The van der Waals surface area contributed by atoms with Crippen molar-refractivity contribution in [2.24, 2.45) is 0 Å². The minimum atomic E-state index is -1.27. The van der Waals surface area contributed by atoms with Crippen LogP contribution in [0.1, 0.15) is 0 Å². The summed E-state index contributed by atoms with van der Waals surface area (Å²) in [7, 11) is 0. The average molecular weight is 225 g/mol. The number of nitrogens with one attached hydrogen (secondary N) is 1. The molecule has 0 spiro atoms. The fraction of sp³-hybridized carbons (Fsp3) is 0. The summed E-state index contributed by atoms with van der Waals surface area (Å²) in [4.78, 5) is 13.0. The quantitative estimate of drug-likeness (QED) is 0.743. The fourth-order valence-corrected chi connectivity index (χ4v) is 1.36. The van der Waals surface area contributed by atoms with Gasteiger partial charge in [0.25, 0.3) is 0 Å². The Hall–Kier alpha value is -2.04. The first-order valence-electron chi connectivity index (χ1n) is 4.42. The highest BCUT2D eigenvalue weighted by molar-refractivity contribution is 5.63. The van der Waals surface area contributed by atoms with Crippen molar-refractivity contribution in [2.75, 3.05) is 0 Å². The van der Waals surface area contributed by atoms with Gasteiger partial charge in [-0.25, -0.2) is 13.2 Å². The van der Waals surface area contributed by atoms with E-state index < -0.39 is 28.6 Å². The lowest BCUT2D eigenvalue weighted by atomic mass is 10.1. The Morgan fingerprint density at radius 1 is 0.938 bits per heavy atom. The summed E-state index contributed by atoms with van der Waals surface area (Å²) in [5, 5.41) is 0. The van der Waals surface area contributed by atoms with Gasteiger partial charge in [-0.05, 0) is 18.2 Å². The number of pyridine rings is 1. The zero-order valence-corrected chi connectivity index (χ0v) is 7.93. The van der Waals surface area contributed by atoms with Crippen LogP contribution in [0.4, 0.5) is 13.2 Å². The Labute approximate surface area is 88.4 Å². The average Bonchev–Trinajstić information content (AvgIpc) is 2.27. The molecule has 16 heavy (non-hydrogen) atoms. The van der Waals surface area contributed by atoms with Crippen LogP contribution in [0.5, 0.6) is 0 Å². The number of rotatable bonds is 1. The standard InChI is InChI=1S/C11H6F3NO/c12-7-2-3-8(13)11(14)10(7)6-1-4-9(16)15-5-6/h1-5H,(H,15,16). The molecule has 1 heterocycles. The largest absolute Gasteiger partial charge is 0.328 e. The highest BCUT2D eigenvalue weighted by Gasteiger charge is 2.15. The van der Waals surface area contributed by atoms with Crippen LogP contribution in [-0.4, -0.2) is 4.98 Å². The topological polar surface area (TPSA) is 32.9 Å². The summed E-state index contributed by atoms with van der Waals surface area (Å²) >= 11 is 0. The molecule has 0 aliphatic heterocycles. The van der Waals surface area contributed by atoms with Gasteiger partial charge < -0.3 is 4.98 Å². The molecule has 0 saturated heterocycles. The molecule has 0 aliphatic carbocycles. The van der Waals surface area contributed by atoms with Crippen molar-refractivity contribution in [3.05, 3.63) is 58.3 Å². The van der Waals surface area contributed by atoms with Crippen LogP contribution in [0, 0.1) is 17.5 Å². The highest BCUT2D eigenvalue weighted by Crippen LogP contribution is 2.26. The first-order chi connectivity index (χ1) is 7.59. The van der Waals surface area contributed by atoms with E-state index in [1.165, 1.54) is 6.07 Å². The van der Waals surface area contributed by atoms with E-state index in [1.807, 2.05) is 0 Å². The molecule has 0 atom stereocenters. The smallest absolute Gasteiger partial charge is 0.247 e. The first-order valence-corrected chi connectivity index (χ1v) is 4.42. The maximum atomic E-state index is 13.3. The molecule has 0 radical (unpaired) electrons. The highest BCUT2D eigenvalue weighted by atomic mass is 19.2. The van der Waals surface area contributed by atoms with Crippen LogP contribution in [-0.2, 0) is 0 Å². The van der Waals surface area contributed by atoms with E-state index in [-0.39, 0.29) is 5.56 Å². The van der Waals surface area contributed by atoms with Crippen molar-refractivity contribution < 1.29 is 13.2 Å². The molecule has 0 amide bonds. The van der Waals surface area contributed by atoms with E-state index in [9.17, 15) is 18.0 Å². The van der Waals surface area contributed by atoms with E-state index in [2.05, 4.69) is 4.98 Å². The van der Waals surface area contributed by atoms with E-state index in [1.54, 1.807) is 0 Å². The van der Waals surface area contributed by atoms with Crippen molar-refractivity contribution in [1.82, 2.24) is 4.98 Å². The second-order valence-corrected chi connectivity index (χ2v) is 3.16. The van der Waals surface area contributed by atoms with E-state index >= 15 is 0 Å². The Balaban J connectivity index is 2.68.